The van der Waals surface area contributed by atoms with Gasteiger partial charge in [0.2, 0.25) is 11.8 Å². The van der Waals surface area contributed by atoms with E-state index in [-0.39, 0.29) is 23.7 Å². The molecule has 1 aromatic carbocycles. The van der Waals surface area contributed by atoms with Gasteiger partial charge >= 0.3 is 5.97 Å². The number of carbonyl (C=O) groups excluding carboxylic acids is 2. The third kappa shape index (κ3) is 4.04. The number of aromatic amines is 2. The number of carboxylic acids is 1. The van der Waals surface area contributed by atoms with Gasteiger partial charge in [0.05, 0.1) is 39.9 Å². The molecule has 0 radical (unpaired) electrons. The van der Waals surface area contributed by atoms with Crippen LogP contribution in [0.5, 0.6) is 0 Å². The molecule has 1 aliphatic heterocycles. The first-order valence-corrected chi connectivity index (χ1v) is 12.8. The van der Waals surface area contributed by atoms with Gasteiger partial charge in [-0.1, -0.05) is 13.8 Å². The van der Waals surface area contributed by atoms with Crippen LogP contribution in [0.1, 0.15) is 64.9 Å². The van der Waals surface area contributed by atoms with E-state index in [0.29, 0.717) is 23.8 Å². The molecule has 0 atom stereocenters. The number of aliphatic carboxylic acids is 1. The van der Waals surface area contributed by atoms with Gasteiger partial charge in [0.1, 0.15) is 5.69 Å². The van der Waals surface area contributed by atoms with Gasteiger partial charge in [0.15, 0.2) is 5.82 Å². The molecule has 0 unspecified atom stereocenters. The second-order valence-electron chi connectivity index (χ2n) is 9.85. The molecule has 3 heterocycles. The standard InChI is InChI=1S/C22H26N6O2.C4H6O2/c1-4-22(5-2)13-9-14-15(10-17(13)28(6-3)21(22)30)25-19(24-14)18-16(11-23-27-18)26-20(29)12-7-8-12;5-4(6)3-1-2-3/h9-12H,4-8H2,1-3H3,(H,23,27)(H,24,25)(H,26,29);3H,1-2H2,(H,5,6). The highest BCUT2D eigenvalue weighted by Gasteiger charge is 2.48. The Balaban J connectivity index is 0.000000391. The average Bonchev–Trinajstić information content (AvgIpc) is 3.79. The van der Waals surface area contributed by atoms with Crippen molar-refractivity contribution in [1.82, 2.24) is 20.2 Å². The van der Waals surface area contributed by atoms with E-state index in [4.69, 9.17) is 10.1 Å². The van der Waals surface area contributed by atoms with Crippen LogP contribution < -0.4 is 10.2 Å². The van der Waals surface area contributed by atoms with Gasteiger partial charge in [0.25, 0.3) is 0 Å². The molecule has 2 amide bonds. The summed E-state index contributed by atoms with van der Waals surface area (Å²) in [6.45, 7) is 6.79. The zero-order valence-corrected chi connectivity index (χ0v) is 20.9. The molecule has 4 N–H and O–H groups in total. The third-order valence-corrected chi connectivity index (χ3v) is 7.59. The lowest BCUT2D eigenvalue weighted by Gasteiger charge is -2.25. The normalized spacial score (nSPS) is 18.1. The molecule has 3 aliphatic rings. The fourth-order valence-electron chi connectivity index (χ4n) is 4.97. The second-order valence-corrected chi connectivity index (χ2v) is 9.85. The first-order valence-electron chi connectivity index (χ1n) is 12.8. The molecule has 2 fully saturated rings. The van der Waals surface area contributed by atoms with Crippen molar-refractivity contribution in [2.75, 3.05) is 16.8 Å². The lowest BCUT2D eigenvalue weighted by Crippen LogP contribution is -2.39. The van der Waals surface area contributed by atoms with Crippen molar-refractivity contribution in [3.63, 3.8) is 0 Å². The van der Waals surface area contributed by atoms with Gasteiger partial charge in [-0.15, -0.1) is 0 Å². The highest BCUT2D eigenvalue weighted by molar-refractivity contribution is 6.10. The molecule has 2 saturated carbocycles. The summed E-state index contributed by atoms with van der Waals surface area (Å²) < 4.78 is 0. The molecule has 0 bridgehead atoms. The maximum absolute atomic E-state index is 13.2. The fraction of sp³-hybridized carbons (Fsp3) is 0.500. The molecule has 10 heteroatoms. The first-order chi connectivity index (χ1) is 17.3. The minimum atomic E-state index is -0.630. The number of carbonyl (C=O) groups is 3. The molecule has 10 nitrogen and oxygen atoms in total. The van der Waals surface area contributed by atoms with Crippen LogP contribution in [0.25, 0.3) is 22.6 Å². The Kier molecular flexibility index (Phi) is 6.05. The first kappa shape index (κ1) is 24.0. The summed E-state index contributed by atoms with van der Waals surface area (Å²) in [4.78, 5) is 45.1. The van der Waals surface area contributed by atoms with E-state index < -0.39 is 11.4 Å². The highest BCUT2D eigenvalue weighted by atomic mass is 16.4. The number of nitrogens with zero attached hydrogens (tertiary/aromatic N) is 3. The van der Waals surface area contributed by atoms with Gasteiger partial charge < -0.3 is 20.3 Å². The molecule has 3 aromatic rings. The predicted octanol–water partition coefficient (Wildman–Crippen LogP) is 4.21. The largest absolute Gasteiger partial charge is 0.481 e. The lowest BCUT2D eigenvalue weighted by atomic mass is 9.77. The maximum Gasteiger partial charge on any atom is 0.306 e. The minimum Gasteiger partial charge on any atom is -0.481 e. The molecule has 2 aromatic heterocycles. The third-order valence-electron chi connectivity index (χ3n) is 7.59. The van der Waals surface area contributed by atoms with Gasteiger partial charge in [0, 0.05) is 12.5 Å². The van der Waals surface area contributed by atoms with E-state index in [1.54, 1.807) is 6.20 Å². The van der Waals surface area contributed by atoms with E-state index >= 15 is 0 Å². The van der Waals surface area contributed by atoms with Crippen LogP contribution in [0.3, 0.4) is 0 Å². The summed E-state index contributed by atoms with van der Waals surface area (Å²) in [5, 5.41) is 18.0. The molecule has 0 spiro atoms. The Labute approximate surface area is 208 Å². The summed E-state index contributed by atoms with van der Waals surface area (Å²) >= 11 is 0. The second kappa shape index (κ2) is 9.07. The quantitative estimate of drug-likeness (QED) is 0.389. The van der Waals surface area contributed by atoms with E-state index in [2.05, 4.69) is 40.4 Å². The molecular formula is C26H32N6O4. The molecule has 190 valence electrons. The zero-order chi connectivity index (χ0) is 25.6. The number of likely N-dealkylation sites (N-methyl/N-ethyl adjacent to an activating group) is 1. The van der Waals surface area contributed by atoms with E-state index in [0.717, 1.165) is 60.8 Å². The van der Waals surface area contributed by atoms with Crippen molar-refractivity contribution >= 4 is 40.2 Å². The van der Waals surface area contributed by atoms with E-state index in [9.17, 15) is 14.4 Å². The van der Waals surface area contributed by atoms with Gasteiger partial charge in [-0.25, -0.2) is 4.98 Å². The average molecular weight is 493 g/mol. The predicted molar refractivity (Wildman–Crippen MR) is 136 cm³/mol. The summed E-state index contributed by atoms with van der Waals surface area (Å²) in [7, 11) is 0. The Bertz CT molecular complexity index is 1330. The number of hydrogen-bond acceptors (Lipinski definition) is 5. The molecule has 36 heavy (non-hydrogen) atoms. The van der Waals surface area contributed by atoms with Crippen LogP contribution in [-0.4, -0.2) is 49.6 Å². The van der Waals surface area contributed by atoms with Crippen LogP contribution >= 0.6 is 0 Å². The molecule has 2 aliphatic carbocycles. The van der Waals surface area contributed by atoms with Crippen molar-refractivity contribution in [3.05, 3.63) is 23.9 Å². The van der Waals surface area contributed by atoms with Gasteiger partial charge in [-0.05, 0) is 63.1 Å². The molecule has 0 saturated heterocycles. The number of hydrogen-bond donors (Lipinski definition) is 4. The van der Waals surface area contributed by atoms with Gasteiger partial charge in [-0.2, -0.15) is 5.10 Å². The number of amides is 2. The van der Waals surface area contributed by atoms with Crippen LogP contribution in [0.4, 0.5) is 11.4 Å². The maximum atomic E-state index is 13.2. The summed E-state index contributed by atoms with van der Waals surface area (Å²) in [5.74, 6) is 0.322. The smallest absolute Gasteiger partial charge is 0.306 e. The summed E-state index contributed by atoms with van der Waals surface area (Å²) in [6.07, 6.45) is 6.81. The number of nitrogens with one attached hydrogen (secondary N) is 3. The molecule has 6 rings (SSSR count). The Morgan fingerprint density at radius 2 is 1.83 bits per heavy atom. The van der Waals surface area contributed by atoms with Crippen molar-refractivity contribution in [1.29, 1.82) is 0 Å². The number of H-pyrrole nitrogens is 2. The summed E-state index contributed by atoms with van der Waals surface area (Å²) in [6, 6.07) is 4.07. The number of benzene rings is 1. The Morgan fingerprint density at radius 3 is 2.39 bits per heavy atom. The topological polar surface area (TPSA) is 144 Å². The van der Waals surface area contributed by atoms with Crippen molar-refractivity contribution in [2.45, 2.75) is 64.7 Å². The number of aromatic nitrogens is 4. The molecular weight excluding hydrogens is 460 g/mol. The summed E-state index contributed by atoms with van der Waals surface area (Å²) in [5.41, 5.74) is 4.46. The SMILES string of the molecule is CCN1C(=O)C(CC)(CC)c2cc3[nH]c(-c4[nH]ncc4NC(=O)C4CC4)nc3cc21.O=C(O)C1CC1. The van der Waals surface area contributed by atoms with Crippen LogP contribution in [0.15, 0.2) is 18.3 Å². The lowest BCUT2D eigenvalue weighted by molar-refractivity contribution is -0.138. The number of carboxylic acid groups (broad SMARTS) is 1. The van der Waals surface area contributed by atoms with Gasteiger partial charge in [-0.3, -0.25) is 19.5 Å². The zero-order valence-electron chi connectivity index (χ0n) is 20.9. The minimum absolute atomic E-state index is 0.0185. The van der Waals surface area contributed by atoms with Crippen molar-refractivity contribution < 1.29 is 19.5 Å². The van der Waals surface area contributed by atoms with Crippen LogP contribution in [-0.2, 0) is 19.8 Å². The van der Waals surface area contributed by atoms with Crippen molar-refractivity contribution in [3.8, 4) is 11.5 Å². The Morgan fingerprint density at radius 1 is 1.14 bits per heavy atom. The highest BCUT2D eigenvalue weighted by Crippen LogP contribution is 2.47. The number of imidazole rings is 1. The van der Waals surface area contributed by atoms with Crippen molar-refractivity contribution in [2.24, 2.45) is 11.8 Å². The Hall–Kier alpha value is -3.69. The van der Waals surface area contributed by atoms with Crippen LogP contribution in [0, 0.1) is 11.8 Å². The van der Waals surface area contributed by atoms with E-state index in [1.165, 1.54) is 0 Å². The number of fused-ring (bicyclic) bond motifs is 2. The number of rotatable bonds is 7. The van der Waals surface area contributed by atoms with Crippen LogP contribution in [0.2, 0.25) is 0 Å². The fourth-order valence-corrected chi connectivity index (χ4v) is 4.97. The number of anilines is 2. The monoisotopic (exact) mass is 492 g/mol. The van der Waals surface area contributed by atoms with E-state index in [1.807, 2.05) is 17.9 Å².